The van der Waals surface area contributed by atoms with E-state index in [9.17, 15) is 9.59 Å². The zero-order valence-electron chi connectivity index (χ0n) is 9.55. The van der Waals surface area contributed by atoms with Gasteiger partial charge in [-0.15, -0.1) is 0 Å². The Hall–Kier alpha value is -2.10. The molecule has 0 fully saturated rings. The van der Waals surface area contributed by atoms with Crippen molar-refractivity contribution < 1.29 is 14.3 Å². The van der Waals surface area contributed by atoms with Crippen molar-refractivity contribution in [2.75, 3.05) is 6.61 Å². The summed E-state index contributed by atoms with van der Waals surface area (Å²) < 4.78 is 6.81. The van der Waals surface area contributed by atoms with Crippen molar-refractivity contribution in [3.63, 3.8) is 0 Å². The highest BCUT2D eigenvalue weighted by atomic mass is 16.5. The van der Waals surface area contributed by atoms with E-state index in [0.29, 0.717) is 18.7 Å². The molecule has 0 atom stereocenters. The second-order valence-corrected chi connectivity index (χ2v) is 3.75. The van der Waals surface area contributed by atoms with E-state index >= 15 is 0 Å². The van der Waals surface area contributed by atoms with Gasteiger partial charge in [-0.05, 0) is 6.07 Å². The number of nitrogens with zero attached hydrogens (tertiary/aromatic N) is 1. The van der Waals surface area contributed by atoms with Crippen molar-refractivity contribution in [2.24, 2.45) is 0 Å². The fraction of sp³-hybridized carbons (Fsp3) is 0.231. The molecule has 0 aliphatic rings. The molecule has 0 N–H and O–H groups in total. The molecule has 1 heterocycles. The minimum Gasteiger partial charge on any atom is -0.464 e. The summed E-state index contributed by atoms with van der Waals surface area (Å²) >= 11 is 0. The SMILES string of the molecule is CC(=O)OCCn1cc(C=O)c2ccccc21. The second-order valence-electron chi connectivity index (χ2n) is 3.75. The third-order valence-corrected chi connectivity index (χ3v) is 2.58. The van der Waals surface area contributed by atoms with Crippen LogP contribution >= 0.6 is 0 Å². The molecule has 0 aliphatic carbocycles. The van der Waals surface area contributed by atoms with Crippen LogP contribution in [0.15, 0.2) is 30.5 Å². The van der Waals surface area contributed by atoms with Crippen LogP contribution in [-0.2, 0) is 16.1 Å². The van der Waals surface area contributed by atoms with E-state index in [1.165, 1.54) is 6.92 Å². The lowest BCUT2D eigenvalue weighted by Crippen LogP contribution is -2.07. The Bertz CT molecular complexity index is 557. The first-order valence-corrected chi connectivity index (χ1v) is 5.39. The van der Waals surface area contributed by atoms with Crippen LogP contribution < -0.4 is 0 Å². The van der Waals surface area contributed by atoms with E-state index < -0.39 is 0 Å². The van der Waals surface area contributed by atoms with Gasteiger partial charge in [0.25, 0.3) is 0 Å². The highest BCUT2D eigenvalue weighted by molar-refractivity contribution is 5.97. The van der Waals surface area contributed by atoms with Gasteiger partial charge in [-0.2, -0.15) is 0 Å². The maximum absolute atomic E-state index is 10.9. The number of para-hydroxylation sites is 1. The molecule has 0 saturated carbocycles. The summed E-state index contributed by atoms with van der Waals surface area (Å²) in [7, 11) is 0. The summed E-state index contributed by atoms with van der Waals surface area (Å²) in [6.07, 6.45) is 2.62. The molecule has 17 heavy (non-hydrogen) atoms. The quantitative estimate of drug-likeness (QED) is 0.597. The molecule has 0 bridgehead atoms. The van der Waals surface area contributed by atoms with Crippen LogP contribution in [0.2, 0.25) is 0 Å². The number of ether oxygens (including phenoxy) is 1. The summed E-state index contributed by atoms with van der Waals surface area (Å²) in [5.41, 5.74) is 1.63. The van der Waals surface area contributed by atoms with Crippen LogP contribution in [0.4, 0.5) is 0 Å². The number of hydrogen-bond acceptors (Lipinski definition) is 3. The van der Waals surface area contributed by atoms with E-state index in [4.69, 9.17) is 4.74 Å². The molecule has 0 amide bonds. The van der Waals surface area contributed by atoms with Crippen LogP contribution in [0.5, 0.6) is 0 Å². The smallest absolute Gasteiger partial charge is 0.302 e. The molecule has 2 rings (SSSR count). The second kappa shape index (κ2) is 4.82. The molecule has 0 aliphatic heterocycles. The van der Waals surface area contributed by atoms with Gasteiger partial charge in [-0.1, -0.05) is 18.2 Å². The van der Waals surface area contributed by atoms with Crippen molar-refractivity contribution in [2.45, 2.75) is 13.5 Å². The number of carbonyl (C=O) groups is 2. The Morgan fingerprint density at radius 2 is 2.18 bits per heavy atom. The van der Waals surface area contributed by atoms with Crippen LogP contribution in [0.25, 0.3) is 10.9 Å². The first-order chi connectivity index (χ1) is 8.22. The van der Waals surface area contributed by atoms with Gasteiger partial charge >= 0.3 is 5.97 Å². The lowest BCUT2D eigenvalue weighted by Gasteiger charge is -2.05. The molecule has 1 aromatic heterocycles. The maximum Gasteiger partial charge on any atom is 0.302 e. The largest absolute Gasteiger partial charge is 0.464 e. The zero-order chi connectivity index (χ0) is 12.3. The normalized spacial score (nSPS) is 10.4. The monoisotopic (exact) mass is 231 g/mol. The van der Waals surface area contributed by atoms with Crippen molar-refractivity contribution in [3.8, 4) is 0 Å². The summed E-state index contributed by atoms with van der Waals surface area (Å²) in [6.45, 7) is 2.24. The molecule has 0 saturated heterocycles. The highest BCUT2D eigenvalue weighted by Crippen LogP contribution is 2.19. The maximum atomic E-state index is 10.9. The van der Waals surface area contributed by atoms with Gasteiger partial charge in [0.15, 0.2) is 6.29 Å². The fourth-order valence-corrected chi connectivity index (χ4v) is 1.84. The number of aldehydes is 1. The van der Waals surface area contributed by atoms with Crippen LogP contribution in [0.1, 0.15) is 17.3 Å². The lowest BCUT2D eigenvalue weighted by atomic mass is 10.2. The van der Waals surface area contributed by atoms with E-state index in [1.807, 2.05) is 28.8 Å². The van der Waals surface area contributed by atoms with Gasteiger partial charge in [0.2, 0.25) is 0 Å². The van der Waals surface area contributed by atoms with Gasteiger partial charge in [-0.25, -0.2) is 0 Å². The number of rotatable bonds is 4. The summed E-state index contributed by atoms with van der Waals surface area (Å²) in [6, 6.07) is 7.66. The van der Waals surface area contributed by atoms with Crippen LogP contribution in [-0.4, -0.2) is 23.4 Å². The lowest BCUT2D eigenvalue weighted by molar-refractivity contribution is -0.141. The Labute approximate surface area is 98.8 Å². The molecular formula is C13H13NO3. The first kappa shape index (κ1) is 11.4. The molecule has 0 unspecified atom stereocenters. The third-order valence-electron chi connectivity index (χ3n) is 2.58. The Morgan fingerprint density at radius 3 is 2.88 bits per heavy atom. The van der Waals surface area contributed by atoms with E-state index in [0.717, 1.165) is 17.2 Å². The number of aromatic nitrogens is 1. The standard InChI is InChI=1S/C13H13NO3/c1-10(16)17-7-6-14-8-11(9-15)12-4-2-3-5-13(12)14/h2-5,8-9H,6-7H2,1H3. The number of esters is 1. The zero-order valence-corrected chi connectivity index (χ0v) is 9.55. The Morgan fingerprint density at radius 1 is 1.41 bits per heavy atom. The predicted molar refractivity (Wildman–Crippen MR) is 64.0 cm³/mol. The average molecular weight is 231 g/mol. The topological polar surface area (TPSA) is 48.3 Å². The summed E-state index contributed by atoms with van der Waals surface area (Å²) in [5.74, 6) is -0.294. The first-order valence-electron chi connectivity index (χ1n) is 5.39. The van der Waals surface area contributed by atoms with Crippen molar-refractivity contribution >= 4 is 23.2 Å². The molecule has 4 heteroatoms. The minimum atomic E-state index is -0.294. The Balaban J connectivity index is 2.27. The van der Waals surface area contributed by atoms with Crippen LogP contribution in [0, 0.1) is 0 Å². The fourth-order valence-electron chi connectivity index (χ4n) is 1.84. The van der Waals surface area contributed by atoms with Gasteiger partial charge in [-0.3, -0.25) is 9.59 Å². The molecule has 88 valence electrons. The number of hydrogen-bond donors (Lipinski definition) is 0. The van der Waals surface area contributed by atoms with E-state index in [2.05, 4.69) is 0 Å². The molecule has 0 spiro atoms. The number of carbonyl (C=O) groups excluding carboxylic acids is 2. The van der Waals surface area contributed by atoms with Gasteiger partial charge in [0.1, 0.15) is 6.61 Å². The predicted octanol–water partition coefficient (Wildman–Crippen LogP) is 2.02. The van der Waals surface area contributed by atoms with Gasteiger partial charge < -0.3 is 9.30 Å². The number of benzene rings is 1. The number of fused-ring (bicyclic) bond motifs is 1. The molecule has 0 radical (unpaired) electrons. The van der Waals surface area contributed by atoms with Gasteiger partial charge in [0.05, 0.1) is 6.54 Å². The molecular weight excluding hydrogens is 218 g/mol. The molecule has 4 nitrogen and oxygen atoms in total. The van der Waals surface area contributed by atoms with Crippen molar-refractivity contribution in [1.82, 2.24) is 4.57 Å². The van der Waals surface area contributed by atoms with Crippen LogP contribution in [0.3, 0.4) is 0 Å². The average Bonchev–Trinajstić information content (AvgIpc) is 2.68. The highest BCUT2D eigenvalue weighted by Gasteiger charge is 2.06. The molecule has 1 aromatic carbocycles. The van der Waals surface area contributed by atoms with E-state index in [1.54, 1.807) is 6.20 Å². The molecule has 2 aromatic rings. The van der Waals surface area contributed by atoms with Crippen molar-refractivity contribution in [1.29, 1.82) is 0 Å². The van der Waals surface area contributed by atoms with Gasteiger partial charge in [0, 0.05) is 29.6 Å². The third kappa shape index (κ3) is 2.36. The summed E-state index contributed by atoms with van der Waals surface area (Å²) in [4.78, 5) is 21.6. The van der Waals surface area contributed by atoms with Crippen molar-refractivity contribution in [3.05, 3.63) is 36.0 Å². The van der Waals surface area contributed by atoms with E-state index in [-0.39, 0.29) is 5.97 Å². The summed E-state index contributed by atoms with van der Waals surface area (Å²) in [5, 5.41) is 0.922. The minimum absolute atomic E-state index is 0.294. The Kier molecular flexibility index (Phi) is 3.23.